The molecule has 0 aromatic carbocycles. The van der Waals surface area contributed by atoms with Crippen LogP contribution >= 0.6 is 0 Å². The Balaban J connectivity index is 2.91. The van der Waals surface area contributed by atoms with Gasteiger partial charge >= 0.3 is 0 Å². The lowest BCUT2D eigenvalue weighted by atomic mass is 10.1. The van der Waals surface area contributed by atoms with E-state index in [1.165, 1.54) is 25.7 Å². The molecule has 1 nitrogen and oxygen atoms in total. The van der Waals surface area contributed by atoms with Gasteiger partial charge in [-0.25, -0.2) is 0 Å². The van der Waals surface area contributed by atoms with Crippen molar-refractivity contribution in [2.24, 2.45) is 5.92 Å². The molecule has 1 unspecified atom stereocenters. The second-order valence-electron chi connectivity index (χ2n) is 3.88. The molecule has 0 saturated carbocycles. The summed E-state index contributed by atoms with van der Waals surface area (Å²) in [6.07, 6.45) is 5.26. The highest BCUT2D eigenvalue weighted by Crippen LogP contribution is 2.10. The van der Waals surface area contributed by atoms with Gasteiger partial charge in [0.2, 0.25) is 0 Å². The maximum Gasteiger partial charge on any atom is 0.169 e. The predicted molar refractivity (Wildman–Crippen MR) is 53.3 cm³/mol. The first-order chi connectivity index (χ1) is 5.13. The Hall–Kier alpha value is 0.177. The second-order valence-corrected chi connectivity index (χ2v) is 6.16. The Morgan fingerprint density at radius 1 is 1.18 bits per heavy atom. The van der Waals surface area contributed by atoms with Crippen LogP contribution in [-0.2, 0) is 0 Å². The highest BCUT2D eigenvalue weighted by Gasteiger charge is 1.98. The highest BCUT2D eigenvalue weighted by molar-refractivity contribution is 6.48. The molecular weight excluding hydrogens is 152 g/mol. The molecule has 0 aromatic heterocycles. The van der Waals surface area contributed by atoms with Crippen LogP contribution < -0.4 is 0 Å². The second kappa shape index (κ2) is 6.86. The smallest absolute Gasteiger partial charge is 0.169 e. The van der Waals surface area contributed by atoms with Crippen LogP contribution in [0.5, 0.6) is 0 Å². The summed E-state index contributed by atoms with van der Waals surface area (Å²) in [6.45, 7) is 6.54. The van der Waals surface area contributed by atoms with E-state index in [9.17, 15) is 0 Å². The van der Waals surface area contributed by atoms with Crippen LogP contribution in [0, 0.1) is 5.92 Å². The van der Waals surface area contributed by atoms with Crippen molar-refractivity contribution in [3.8, 4) is 0 Å². The minimum absolute atomic E-state index is 0.846. The van der Waals surface area contributed by atoms with Gasteiger partial charge in [-0.3, -0.25) is 0 Å². The molecule has 0 heterocycles. The molecule has 2 heteroatoms. The van der Waals surface area contributed by atoms with Gasteiger partial charge in [0, 0.05) is 0 Å². The minimum atomic E-state index is -1.24. The van der Waals surface area contributed by atoms with Crippen molar-refractivity contribution in [2.45, 2.75) is 52.1 Å². The van der Waals surface area contributed by atoms with Crippen LogP contribution in [0.1, 0.15) is 39.5 Å². The summed E-state index contributed by atoms with van der Waals surface area (Å²) in [5.74, 6) is 0.846. The van der Waals surface area contributed by atoms with E-state index in [2.05, 4.69) is 13.8 Å². The Morgan fingerprint density at radius 2 is 1.82 bits per heavy atom. The molecule has 0 bridgehead atoms. The van der Waals surface area contributed by atoms with Crippen molar-refractivity contribution in [1.29, 1.82) is 0 Å². The third kappa shape index (κ3) is 10.2. The van der Waals surface area contributed by atoms with Crippen molar-refractivity contribution < 1.29 is 4.80 Å². The lowest BCUT2D eigenvalue weighted by molar-refractivity contribution is 0.525. The van der Waals surface area contributed by atoms with Gasteiger partial charge in [0.05, 0.1) is 0 Å². The molecule has 68 valence electrons. The fourth-order valence-electron chi connectivity index (χ4n) is 1.17. The molecule has 0 amide bonds. The van der Waals surface area contributed by atoms with E-state index in [1.807, 2.05) is 6.55 Å². The van der Waals surface area contributed by atoms with Crippen molar-refractivity contribution in [3.63, 3.8) is 0 Å². The lowest BCUT2D eigenvalue weighted by Gasteiger charge is -2.04. The van der Waals surface area contributed by atoms with E-state index >= 15 is 0 Å². The SMILES string of the molecule is CC(C)CCCCC[SiH](C)O. The summed E-state index contributed by atoms with van der Waals surface area (Å²) in [5, 5.41) is 0. The average molecular weight is 174 g/mol. The summed E-state index contributed by atoms with van der Waals surface area (Å²) < 4.78 is 0. The standard InChI is InChI=1S/C9H22OSi/c1-9(2)7-5-4-6-8-11(3)10/h9-11H,4-8H2,1-3H3. The molecule has 0 fully saturated rings. The van der Waals surface area contributed by atoms with Crippen LogP contribution in [0.3, 0.4) is 0 Å². The zero-order chi connectivity index (χ0) is 8.69. The zero-order valence-corrected chi connectivity index (χ0v) is 9.29. The van der Waals surface area contributed by atoms with Crippen LogP contribution in [0.2, 0.25) is 12.6 Å². The van der Waals surface area contributed by atoms with Gasteiger partial charge in [-0.15, -0.1) is 0 Å². The molecule has 0 aromatic rings. The van der Waals surface area contributed by atoms with E-state index in [4.69, 9.17) is 4.80 Å². The molecule has 0 radical (unpaired) electrons. The summed E-state index contributed by atoms with van der Waals surface area (Å²) in [7, 11) is -1.24. The van der Waals surface area contributed by atoms with Crippen molar-refractivity contribution >= 4 is 9.04 Å². The molecule has 0 aliphatic carbocycles. The minimum Gasteiger partial charge on any atom is -0.435 e. The monoisotopic (exact) mass is 174 g/mol. The summed E-state index contributed by atoms with van der Waals surface area (Å²) in [5.41, 5.74) is 0. The van der Waals surface area contributed by atoms with E-state index in [0.717, 1.165) is 12.0 Å². The summed E-state index contributed by atoms with van der Waals surface area (Å²) in [4.78, 5) is 9.10. The van der Waals surface area contributed by atoms with Crippen LogP contribution in [0.15, 0.2) is 0 Å². The van der Waals surface area contributed by atoms with E-state index in [1.54, 1.807) is 0 Å². The van der Waals surface area contributed by atoms with Crippen LogP contribution in [-0.4, -0.2) is 13.8 Å². The van der Waals surface area contributed by atoms with Gasteiger partial charge < -0.3 is 4.80 Å². The number of unbranched alkanes of at least 4 members (excludes halogenated alkanes) is 2. The topological polar surface area (TPSA) is 20.2 Å². The van der Waals surface area contributed by atoms with Crippen molar-refractivity contribution in [2.75, 3.05) is 0 Å². The third-order valence-electron chi connectivity index (χ3n) is 1.90. The first-order valence-corrected chi connectivity index (χ1v) is 7.29. The lowest BCUT2D eigenvalue weighted by Crippen LogP contribution is -2.03. The first-order valence-electron chi connectivity index (χ1n) is 4.81. The van der Waals surface area contributed by atoms with Gasteiger partial charge in [0.25, 0.3) is 0 Å². The van der Waals surface area contributed by atoms with E-state index in [-0.39, 0.29) is 0 Å². The van der Waals surface area contributed by atoms with E-state index < -0.39 is 9.04 Å². The zero-order valence-electron chi connectivity index (χ0n) is 8.14. The Bertz CT molecular complexity index is 71.6. The number of hydrogen-bond donors (Lipinski definition) is 1. The Morgan fingerprint density at radius 3 is 2.27 bits per heavy atom. The molecule has 0 aliphatic heterocycles. The predicted octanol–water partition coefficient (Wildman–Crippen LogP) is 2.55. The first kappa shape index (κ1) is 11.2. The van der Waals surface area contributed by atoms with Crippen molar-refractivity contribution in [3.05, 3.63) is 0 Å². The normalized spacial score (nSPS) is 13.9. The fourth-order valence-corrected chi connectivity index (χ4v) is 2.05. The summed E-state index contributed by atoms with van der Waals surface area (Å²) in [6, 6.07) is 1.11. The Labute approximate surface area is 72.6 Å². The van der Waals surface area contributed by atoms with Gasteiger partial charge in [-0.05, 0) is 18.5 Å². The molecule has 0 rings (SSSR count). The molecule has 0 aliphatic rings. The number of hydrogen-bond acceptors (Lipinski definition) is 1. The quantitative estimate of drug-likeness (QED) is 0.485. The molecule has 0 spiro atoms. The molecular formula is C9H22OSi. The molecule has 1 N–H and O–H groups in total. The van der Waals surface area contributed by atoms with Gasteiger partial charge in [-0.2, -0.15) is 0 Å². The molecule has 1 atom stereocenters. The maximum absolute atomic E-state index is 9.10. The van der Waals surface area contributed by atoms with Crippen molar-refractivity contribution in [1.82, 2.24) is 0 Å². The Kier molecular flexibility index (Phi) is 6.97. The van der Waals surface area contributed by atoms with Gasteiger partial charge in [-0.1, -0.05) is 39.5 Å². The fraction of sp³-hybridized carbons (Fsp3) is 1.00. The van der Waals surface area contributed by atoms with E-state index in [0.29, 0.717) is 0 Å². The number of rotatable bonds is 6. The van der Waals surface area contributed by atoms with Crippen LogP contribution in [0.4, 0.5) is 0 Å². The molecule has 0 saturated heterocycles. The summed E-state index contributed by atoms with van der Waals surface area (Å²) >= 11 is 0. The highest BCUT2D eigenvalue weighted by atomic mass is 28.3. The van der Waals surface area contributed by atoms with Gasteiger partial charge in [0.15, 0.2) is 9.04 Å². The third-order valence-corrected chi connectivity index (χ3v) is 3.15. The van der Waals surface area contributed by atoms with Gasteiger partial charge in [0.1, 0.15) is 0 Å². The maximum atomic E-state index is 9.10. The van der Waals surface area contributed by atoms with Crippen LogP contribution in [0.25, 0.3) is 0 Å². The molecule has 11 heavy (non-hydrogen) atoms. The largest absolute Gasteiger partial charge is 0.435 e. The average Bonchev–Trinajstić information content (AvgIpc) is 1.85.